The first-order valence-corrected chi connectivity index (χ1v) is 7.37. The molecule has 1 aliphatic rings. The Morgan fingerprint density at radius 2 is 1.50 bits per heavy atom. The normalized spacial score (nSPS) is 18.6. The summed E-state index contributed by atoms with van der Waals surface area (Å²) in [7, 11) is -3.89. The minimum atomic E-state index is -3.89. The maximum Gasteiger partial charge on any atom is 0.429 e. The summed E-state index contributed by atoms with van der Waals surface area (Å²) in [5, 5.41) is 0. The highest BCUT2D eigenvalue weighted by Gasteiger charge is 2.28. The molecule has 0 aliphatic carbocycles. The second-order valence-corrected chi connectivity index (χ2v) is 5.44. The van der Waals surface area contributed by atoms with Crippen LogP contribution in [0.25, 0.3) is 6.08 Å². The third-order valence-electron chi connectivity index (χ3n) is 2.78. The monoisotopic (exact) mass is 285 g/mol. The maximum atomic E-state index is 11.6. The van der Waals surface area contributed by atoms with Crippen LogP contribution in [0.15, 0.2) is 70.8 Å². The molecule has 0 saturated heterocycles. The Hall–Kier alpha value is -2.40. The lowest BCUT2D eigenvalue weighted by Gasteiger charge is -2.01. The van der Waals surface area contributed by atoms with E-state index in [-0.39, 0.29) is 5.76 Å². The molecule has 3 rings (SSSR count). The highest BCUT2D eigenvalue weighted by Crippen LogP contribution is 2.24. The van der Waals surface area contributed by atoms with Crippen LogP contribution in [0.4, 0.5) is 0 Å². The fraction of sp³-hybridized carbons (Fsp3) is 0. The number of benzene rings is 2. The number of nitrogens with zero attached hydrogens (tertiary/aromatic N) is 1. The van der Waals surface area contributed by atoms with Crippen LogP contribution in [0.1, 0.15) is 11.1 Å². The van der Waals surface area contributed by atoms with Gasteiger partial charge in [0.1, 0.15) is 5.71 Å². The van der Waals surface area contributed by atoms with E-state index in [2.05, 4.69) is 4.40 Å². The molecule has 5 heteroatoms. The van der Waals surface area contributed by atoms with Crippen LogP contribution < -0.4 is 0 Å². The van der Waals surface area contributed by atoms with Crippen molar-refractivity contribution in [3.8, 4) is 0 Å². The quantitative estimate of drug-likeness (QED) is 0.852. The number of rotatable bonds is 2. The van der Waals surface area contributed by atoms with Gasteiger partial charge >= 0.3 is 10.3 Å². The van der Waals surface area contributed by atoms with Gasteiger partial charge in [-0.15, -0.1) is 4.40 Å². The SMILES string of the molecule is O=S1(=O)N=C(c2ccccc2)/C(=C/c2ccccc2)O1. The lowest BCUT2D eigenvalue weighted by molar-refractivity contribution is 0.441. The Bertz CT molecular complexity index is 778. The fourth-order valence-electron chi connectivity index (χ4n) is 1.91. The van der Waals surface area contributed by atoms with Crippen molar-refractivity contribution in [1.29, 1.82) is 0 Å². The summed E-state index contributed by atoms with van der Waals surface area (Å²) < 4.78 is 31.7. The van der Waals surface area contributed by atoms with E-state index in [1.54, 1.807) is 18.2 Å². The van der Waals surface area contributed by atoms with E-state index < -0.39 is 10.3 Å². The Morgan fingerprint density at radius 3 is 2.15 bits per heavy atom. The third kappa shape index (κ3) is 2.62. The van der Waals surface area contributed by atoms with Gasteiger partial charge in [-0.05, 0) is 11.6 Å². The van der Waals surface area contributed by atoms with Gasteiger partial charge in [-0.25, -0.2) is 0 Å². The molecule has 0 spiro atoms. The summed E-state index contributed by atoms with van der Waals surface area (Å²) in [6, 6.07) is 18.4. The van der Waals surface area contributed by atoms with Crippen LogP contribution in [0, 0.1) is 0 Å². The topological polar surface area (TPSA) is 55.7 Å². The molecule has 0 bridgehead atoms. The Kier molecular flexibility index (Phi) is 3.12. The molecule has 0 saturated carbocycles. The third-order valence-corrected chi connectivity index (χ3v) is 3.57. The van der Waals surface area contributed by atoms with E-state index in [0.717, 1.165) is 5.56 Å². The van der Waals surface area contributed by atoms with E-state index in [1.807, 2.05) is 48.5 Å². The van der Waals surface area contributed by atoms with Gasteiger partial charge in [0, 0.05) is 5.56 Å². The Morgan fingerprint density at radius 1 is 0.900 bits per heavy atom. The molecule has 20 heavy (non-hydrogen) atoms. The minimum absolute atomic E-state index is 0.238. The van der Waals surface area contributed by atoms with Crippen molar-refractivity contribution in [2.45, 2.75) is 0 Å². The van der Waals surface area contributed by atoms with Crippen LogP contribution in [-0.4, -0.2) is 14.1 Å². The molecule has 0 atom stereocenters. The molecule has 2 aromatic rings. The molecule has 100 valence electrons. The zero-order chi connectivity index (χ0) is 14.0. The zero-order valence-electron chi connectivity index (χ0n) is 10.4. The van der Waals surface area contributed by atoms with Gasteiger partial charge in [0.15, 0.2) is 5.76 Å². The minimum Gasteiger partial charge on any atom is -0.363 e. The van der Waals surface area contributed by atoms with Crippen molar-refractivity contribution >= 4 is 22.1 Å². The van der Waals surface area contributed by atoms with Crippen LogP contribution in [0.5, 0.6) is 0 Å². The highest BCUT2D eigenvalue weighted by molar-refractivity contribution is 7.86. The van der Waals surface area contributed by atoms with Crippen molar-refractivity contribution in [1.82, 2.24) is 0 Å². The summed E-state index contributed by atoms with van der Waals surface area (Å²) in [5.74, 6) is 0.238. The van der Waals surface area contributed by atoms with Crippen LogP contribution in [0.3, 0.4) is 0 Å². The molecule has 0 amide bonds. The molecular weight excluding hydrogens is 274 g/mol. The van der Waals surface area contributed by atoms with Crippen molar-refractivity contribution in [2.75, 3.05) is 0 Å². The molecule has 2 aromatic carbocycles. The lowest BCUT2D eigenvalue weighted by atomic mass is 10.1. The average molecular weight is 285 g/mol. The van der Waals surface area contributed by atoms with Gasteiger partial charge in [-0.3, -0.25) is 0 Å². The first-order valence-electron chi connectivity index (χ1n) is 6.01. The van der Waals surface area contributed by atoms with Gasteiger partial charge in [0.2, 0.25) is 0 Å². The lowest BCUT2D eigenvalue weighted by Crippen LogP contribution is -2.01. The molecule has 0 radical (unpaired) electrons. The molecule has 0 aromatic heterocycles. The van der Waals surface area contributed by atoms with Gasteiger partial charge in [0.05, 0.1) is 0 Å². The van der Waals surface area contributed by atoms with Crippen molar-refractivity contribution in [3.63, 3.8) is 0 Å². The van der Waals surface area contributed by atoms with E-state index >= 15 is 0 Å². The van der Waals surface area contributed by atoms with Gasteiger partial charge in [-0.1, -0.05) is 60.7 Å². The van der Waals surface area contributed by atoms with Crippen molar-refractivity contribution < 1.29 is 12.6 Å². The van der Waals surface area contributed by atoms with Crippen molar-refractivity contribution in [2.24, 2.45) is 4.40 Å². The number of allylic oxidation sites excluding steroid dienone is 1. The van der Waals surface area contributed by atoms with E-state index in [9.17, 15) is 8.42 Å². The predicted molar refractivity (Wildman–Crippen MR) is 77.4 cm³/mol. The first kappa shape index (κ1) is 12.6. The van der Waals surface area contributed by atoms with Gasteiger partial charge < -0.3 is 4.18 Å². The van der Waals surface area contributed by atoms with E-state index in [4.69, 9.17) is 4.18 Å². The number of hydrogen-bond donors (Lipinski definition) is 0. The molecule has 0 N–H and O–H groups in total. The van der Waals surface area contributed by atoms with Gasteiger partial charge in [0.25, 0.3) is 0 Å². The van der Waals surface area contributed by atoms with Crippen LogP contribution >= 0.6 is 0 Å². The summed E-state index contributed by atoms with van der Waals surface area (Å²) in [4.78, 5) is 0. The van der Waals surface area contributed by atoms with Crippen LogP contribution in [0.2, 0.25) is 0 Å². The fourth-order valence-corrected chi connectivity index (χ4v) is 2.72. The van der Waals surface area contributed by atoms with Gasteiger partial charge in [-0.2, -0.15) is 8.42 Å². The van der Waals surface area contributed by atoms with Crippen molar-refractivity contribution in [3.05, 3.63) is 77.5 Å². The molecule has 4 nitrogen and oxygen atoms in total. The summed E-state index contributed by atoms with van der Waals surface area (Å²) in [6.07, 6.45) is 1.66. The molecule has 1 heterocycles. The first-order chi connectivity index (χ1) is 9.64. The average Bonchev–Trinajstić information content (AvgIpc) is 2.76. The second kappa shape index (κ2) is 4.94. The zero-order valence-corrected chi connectivity index (χ0v) is 11.2. The second-order valence-electron chi connectivity index (χ2n) is 4.24. The highest BCUT2D eigenvalue weighted by atomic mass is 32.2. The standard InChI is InChI=1S/C15H11NO3S/c17-20(18)16-15(13-9-5-2-6-10-13)14(19-20)11-12-7-3-1-4-8-12/h1-11H/b14-11-. The molecule has 1 aliphatic heterocycles. The summed E-state index contributed by atoms with van der Waals surface area (Å²) in [5.41, 5.74) is 1.88. The smallest absolute Gasteiger partial charge is 0.363 e. The van der Waals surface area contributed by atoms with Crippen LogP contribution in [-0.2, 0) is 14.5 Å². The number of hydrogen-bond acceptors (Lipinski definition) is 3. The summed E-state index contributed by atoms with van der Waals surface area (Å²) >= 11 is 0. The Balaban J connectivity index is 2.08. The molecule has 0 fully saturated rings. The molecular formula is C15H11NO3S. The predicted octanol–water partition coefficient (Wildman–Crippen LogP) is 2.79. The van der Waals surface area contributed by atoms with E-state index in [1.165, 1.54) is 0 Å². The maximum absolute atomic E-state index is 11.6. The van der Waals surface area contributed by atoms with E-state index in [0.29, 0.717) is 11.3 Å². The Labute approximate surface area is 117 Å². The largest absolute Gasteiger partial charge is 0.429 e. The summed E-state index contributed by atoms with van der Waals surface area (Å²) in [6.45, 7) is 0. The molecule has 0 unspecified atom stereocenters.